The summed E-state index contributed by atoms with van der Waals surface area (Å²) in [6, 6.07) is 3.64. The second-order valence-corrected chi connectivity index (χ2v) is 5.25. The predicted octanol–water partition coefficient (Wildman–Crippen LogP) is 2.98. The average molecular weight is 269 g/mol. The van der Waals surface area contributed by atoms with Crippen LogP contribution in [0.25, 0.3) is 0 Å². The molecule has 19 heavy (non-hydrogen) atoms. The first kappa shape index (κ1) is 15.3. The molecule has 0 aliphatic carbocycles. The summed E-state index contributed by atoms with van der Waals surface area (Å²) >= 11 is 0. The predicted molar refractivity (Wildman–Crippen MR) is 71.9 cm³/mol. The van der Waals surface area contributed by atoms with Crippen molar-refractivity contribution in [3.63, 3.8) is 0 Å². The minimum absolute atomic E-state index is 0.206. The molecule has 1 aromatic carbocycles. The van der Waals surface area contributed by atoms with Crippen LogP contribution in [0.4, 0.5) is 10.1 Å². The maximum absolute atomic E-state index is 13.6. The van der Waals surface area contributed by atoms with E-state index in [4.69, 9.17) is 9.47 Å². The molecule has 1 atom stereocenters. The van der Waals surface area contributed by atoms with Crippen molar-refractivity contribution < 1.29 is 18.7 Å². The summed E-state index contributed by atoms with van der Waals surface area (Å²) in [7, 11) is 1.49. The zero-order valence-corrected chi connectivity index (χ0v) is 11.9. The molecular formula is C14H20FNO3. The first-order valence-corrected chi connectivity index (χ1v) is 6.06. The van der Waals surface area contributed by atoms with Gasteiger partial charge in [0.2, 0.25) is 0 Å². The van der Waals surface area contributed by atoms with Crippen molar-refractivity contribution in [3.05, 3.63) is 24.0 Å². The van der Waals surface area contributed by atoms with Crippen LogP contribution in [0.15, 0.2) is 18.2 Å². The summed E-state index contributed by atoms with van der Waals surface area (Å²) in [6.07, 6.45) is 0. The fourth-order valence-corrected chi connectivity index (χ4v) is 1.42. The van der Waals surface area contributed by atoms with Crippen LogP contribution in [0.5, 0.6) is 5.75 Å². The molecule has 0 fully saturated rings. The highest BCUT2D eigenvalue weighted by Gasteiger charge is 2.22. The van der Waals surface area contributed by atoms with Crippen molar-refractivity contribution in [1.82, 2.24) is 0 Å². The van der Waals surface area contributed by atoms with E-state index in [9.17, 15) is 9.18 Å². The molecule has 0 radical (unpaired) electrons. The number of carbonyl (C=O) groups excluding carboxylic acids is 1. The van der Waals surface area contributed by atoms with E-state index in [0.717, 1.165) is 0 Å². The van der Waals surface area contributed by atoms with Gasteiger partial charge in [0.25, 0.3) is 0 Å². The van der Waals surface area contributed by atoms with E-state index in [0.29, 0.717) is 5.75 Å². The minimum atomic E-state index is -0.652. The SMILES string of the molecule is COc1ccc(F)c(NC(C)C(=O)OC(C)(C)C)c1. The fourth-order valence-electron chi connectivity index (χ4n) is 1.42. The van der Waals surface area contributed by atoms with E-state index < -0.39 is 23.4 Å². The number of anilines is 1. The van der Waals surface area contributed by atoms with E-state index in [1.807, 2.05) is 0 Å². The Morgan fingerprint density at radius 1 is 1.37 bits per heavy atom. The fraction of sp³-hybridized carbons (Fsp3) is 0.500. The molecule has 5 heteroatoms. The zero-order valence-electron chi connectivity index (χ0n) is 11.9. The lowest BCUT2D eigenvalue weighted by atomic mass is 10.2. The van der Waals surface area contributed by atoms with E-state index in [2.05, 4.69) is 5.32 Å². The average Bonchev–Trinajstić information content (AvgIpc) is 2.29. The van der Waals surface area contributed by atoms with Crippen molar-refractivity contribution in [2.45, 2.75) is 39.3 Å². The van der Waals surface area contributed by atoms with E-state index in [1.54, 1.807) is 27.7 Å². The minimum Gasteiger partial charge on any atom is -0.497 e. The van der Waals surface area contributed by atoms with E-state index in [-0.39, 0.29) is 5.69 Å². The maximum atomic E-state index is 13.6. The summed E-state index contributed by atoms with van der Waals surface area (Å²) in [5, 5.41) is 2.78. The van der Waals surface area contributed by atoms with Gasteiger partial charge in [-0.05, 0) is 39.8 Å². The highest BCUT2D eigenvalue weighted by molar-refractivity contribution is 5.79. The molecule has 0 heterocycles. The maximum Gasteiger partial charge on any atom is 0.328 e. The van der Waals surface area contributed by atoms with Crippen molar-refractivity contribution in [2.24, 2.45) is 0 Å². The second kappa shape index (κ2) is 5.91. The van der Waals surface area contributed by atoms with Gasteiger partial charge in [0, 0.05) is 6.07 Å². The Morgan fingerprint density at radius 3 is 2.53 bits per heavy atom. The largest absolute Gasteiger partial charge is 0.497 e. The molecule has 0 amide bonds. The Kier molecular flexibility index (Phi) is 4.75. The number of nitrogens with one attached hydrogen (secondary N) is 1. The molecule has 106 valence electrons. The smallest absolute Gasteiger partial charge is 0.328 e. The normalized spacial score (nSPS) is 12.7. The van der Waals surface area contributed by atoms with Gasteiger partial charge in [0.05, 0.1) is 12.8 Å². The van der Waals surface area contributed by atoms with Crippen molar-refractivity contribution in [2.75, 3.05) is 12.4 Å². The van der Waals surface area contributed by atoms with Crippen LogP contribution < -0.4 is 10.1 Å². The molecule has 1 rings (SSSR count). The molecule has 0 saturated heterocycles. The highest BCUT2D eigenvalue weighted by Crippen LogP contribution is 2.22. The third-order valence-corrected chi connectivity index (χ3v) is 2.31. The van der Waals surface area contributed by atoms with Crippen LogP contribution in [0.2, 0.25) is 0 Å². The van der Waals surface area contributed by atoms with E-state index in [1.165, 1.54) is 25.3 Å². The number of benzene rings is 1. The summed E-state index contributed by atoms with van der Waals surface area (Å²) < 4.78 is 23.8. The van der Waals surface area contributed by atoms with E-state index >= 15 is 0 Å². The lowest BCUT2D eigenvalue weighted by molar-refractivity contribution is -0.155. The zero-order chi connectivity index (χ0) is 14.6. The summed E-state index contributed by atoms with van der Waals surface area (Å²) in [6.45, 7) is 6.96. The lowest BCUT2D eigenvalue weighted by Gasteiger charge is -2.23. The Balaban J connectivity index is 2.76. The van der Waals surface area contributed by atoms with Crippen LogP contribution in [0.1, 0.15) is 27.7 Å². The Bertz CT molecular complexity index is 454. The monoisotopic (exact) mass is 269 g/mol. The molecule has 0 spiro atoms. The van der Waals surface area contributed by atoms with Gasteiger partial charge in [-0.15, -0.1) is 0 Å². The third-order valence-electron chi connectivity index (χ3n) is 2.31. The van der Waals surface area contributed by atoms with Gasteiger partial charge in [-0.25, -0.2) is 9.18 Å². The van der Waals surface area contributed by atoms with Gasteiger partial charge in [0.15, 0.2) is 0 Å². The topological polar surface area (TPSA) is 47.6 Å². The molecule has 0 aliphatic heterocycles. The van der Waals surface area contributed by atoms with Crippen LogP contribution in [0.3, 0.4) is 0 Å². The number of methoxy groups -OCH3 is 1. The third kappa shape index (κ3) is 4.77. The molecule has 1 N–H and O–H groups in total. The molecule has 4 nitrogen and oxygen atoms in total. The van der Waals surface area contributed by atoms with Crippen molar-refractivity contribution >= 4 is 11.7 Å². The highest BCUT2D eigenvalue weighted by atomic mass is 19.1. The summed E-state index contributed by atoms with van der Waals surface area (Å²) in [5.41, 5.74) is -0.363. The second-order valence-electron chi connectivity index (χ2n) is 5.25. The molecule has 1 aromatic rings. The molecule has 1 unspecified atom stereocenters. The van der Waals surface area contributed by atoms with Gasteiger partial charge in [-0.1, -0.05) is 0 Å². The molecule has 0 bridgehead atoms. The van der Waals surface area contributed by atoms with Gasteiger partial charge < -0.3 is 14.8 Å². The van der Waals surface area contributed by atoms with Crippen LogP contribution in [-0.2, 0) is 9.53 Å². The number of carbonyl (C=O) groups is 1. The van der Waals surface area contributed by atoms with Gasteiger partial charge in [0.1, 0.15) is 23.2 Å². The van der Waals surface area contributed by atoms with Crippen LogP contribution >= 0.6 is 0 Å². The van der Waals surface area contributed by atoms with Gasteiger partial charge in [-0.2, -0.15) is 0 Å². The Morgan fingerprint density at radius 2 is 2.00 bits per heavy atom. The van der Waals surface area contributed by atoms with Crippen molar-refractivity contribution in [1.29, 1.82) is 0 Å². The molecule has 0 aliphatic rings. The number of rotatable bonds is 4. The van der Waals surface area contributed by atoms with Gasteiger partial charge >= 0.3 is 5.97 Å². The van der Waals surface area contributed by atoms with Crippen LogP contribution in [0, 0.1) is 5.82 Å². The number of hydrogen-bond donors (Lipinski definition) is 1. The van der Waals surface area contributed by atoms with Crippen LogP contribution in [-0.4, -0.2) is 24.7 Å². The standard InChI is InChI=1S/C14H20FNO3/c1-9(13(17)19-14(2,3)4)16-12-8-10(18-5)6-7-11(12)15/h6-9,16H,1-5H3. The molecular weight excluding hydrogens is 249 g/mol. The number of ether oxygens (including phenoxy) is 2. The first-order chi connectivity index (χ1) is 8.73. The quantitative estimate of drug-likeness (QED) is 0.854. The lowest BCUT2D eigenvalue weighted by Crippen LogP contribution is -2.34. The molecule has 0 saturated carbocycles. The Hall–Kier alpha value is -1.78. The number of hydrogen-bond acceptors (Lipinski definition) is 4. The number of halogens is 1. The Labute approximate surface area is 112 Å². The van der Waals surface area contributed by atoms with Gasteiger partial charge in [-0.3, -0.25) is 0 Å². The summed E-state index contributed by atoms with van der Waals surface area (Å²) in [5.74, 6) is -0.369. The molecule has 0 aromatic heterocycles. The number of esters is 1. The van der Waals surface area contributed by atoms with Crippen molar-refractivity contribution in [3.8, 4) is 5.75 Å². The summed E-state index contributed by atoms with van der Waals surface area (Å²) in [4.78, 5) is 11.8. The first-order valence-electron chi connectivity index (χ1n) is 6.06.